The summed E-state index contributed by atoms with van der Waals surface area (Å²) in [5.74, 6) is 0.647. The van der Waals surface area contributed by atoms with Gasteiger partial charge in [-0.2, -0.15) is 27.0 Å². The summed E-state index contributed by atoms with van der Waals surface area (Å²) in [6, 6.07) is 12.7. The number of unbranched alkanes of at least 4 members (excludes halogenated alkanes) is 2. The van der Waals surface area contributed by atoms with Gasteiger partial charge in [0.05, 0.1) is 67.2 Å². The fourth-order valence-corrected chi connectivity index (χ4v) is 11.2. The molecule has 0 aliphatic carbocycles. The second-order valence-electron chi connectivity index (χ2n) is 12.8. The minimum absolute atomic E-state index is 0.243. The van der Waals surface area contributed by atoms with Crippen LogP contribution in [0.3, 0.4) is 0 Å². The highest BCUT2D eigenvalue weighted by atomic mass is 35.5. The van der Waals surface area contributed by atoms with E-state index in [0.29, 0.717) is 101 Å². The Balaban J connectivity index is 1.06. The molecule has 2 N–H and O–H groups in total. The summed E-state index contributed by atoms with van der Waals surface area (Å²) >= 11 is 27.4. The lowest BCUT2D eigenvalue weighted by molar-refractivity contribution is 0.326. The number of thiophene rings is 2. The van der Waals surface area contributed by atoms with Gasteiger partial charge in [-0.05, 0) is 67.8 Å². The smallest absolute Gasteiger partial charge is 0.304 e. The molecule has 0 amide bonds. The van der Waals surface area contributed by atoms with Crippen molar-refractivity contribution < 1.29 is 35.4 Å². The molecule has 20 heteroatoms. The number of fused-ring (bicyclic) bond motifs is 6. The fourth-order valence-electron chi connectivity index (χ4n) is 6.59. The van der Waals surface area contributed by atoms with Crippen molar-refractivity contribution in [2.75, 3.05) is 13.2 Å². The average Bonchev–Trinajstić information content (AvgIpc) is 3.87. The molecule has 2 aliphatic rings. The number of nitrogens with zero attached hydrogens (tertiary/aromatic N) is 4. The Bertz CT molecular complexity index is 2670. The van der Waals surface area contributed by atoms with Crippen LogP contribution in [-0.2, 0) is 33.1 Å². The number of allylic oxidation sites excluding steroid dienone is 2. The van der Waals surface area contributed by atoms with Gasteiger partial charge in [0.25, 0.3) is 0 Å². The third kappa shape index (κ3) is 8.05. The van der Waals surface area contributed by atoms with E-state index in [-0.39, 0.29) is 21.6 Å². The first kappa shape index (κ1) is 40.1. The van der Waals surface area contributed by atoms with Crippen molar-refractivity contribution in [3.05, 3.63) is 103 Å². The highest BCUT2D eigenvalue weighted by Gasteiger charge is 2.31. The molecular formula is C37H28Cl4N4O8S4. The van der Waals surface area contributed by atoms with Crippen LogP contribution >= 0.6 is 69.1 Å². The van der Waals surface area contributed by atoms with Crippen molar-refractivity contribution in [2.24, 2.45) is 0 Å². The fraction of sp³-hybridized carbons (Fsp3) is 0.189. The number of ether oxygens (including phenoxy) is 2. The zero-order valence-electron chi connectivity index (χ0n) is 29.2. The molecule has 0 fully saturated rings. The Hall–Kier alpha value is -3.68. The van der Waals surface area contributed by atoms with E-state index < -0.39 is 20.2 Å². The SMILES string of the molecule is O=S(=O)(O)c1cc2c(s1)-c1c(c(/C=C/CCC/C=C/c3nn(-c4ccc(Cl)cc4Cl)c4c3CCOc3cc(S(=O)(=O)O)sc3-4)nn1-c1ccc(Cl)cc1Cl)CCO2. The molecule has 6 aromatic rings. The highest BCUT2D eigenvalue weighted by Crippen LogP contribution is 2.47. The molecule has 0 unspecified atom stereocenters. The molecule has 8 rings (SSSR count). The summed E-state index contributed by atoms with van der Waals surface area (Å²) in [5.41, 5.74) is 5.28. The van der Waals surface area contributed by atoms with E-state index in [1.54, 1.807) is 45.8 Å². The molecule has 0 saturated carbocycles. The Morgan fingerprint density at radius 2 is 1.09 bits per heavy atom. The normalized spacial score (nSPS) is 14.1. The van der Waals surface area contributed by atoms with E-state index in [2.05, 4.69) is 0 Å². The van der Waals surface area contributed by atoms with Crippen LogP contribution in [-0.4, -0.2) is 58.7 Å². The van der Waals surface area contributed by atoms with Crippen molar-refractivity contribution in [2.45, 2.75) is 40.5 Å². The van der Waals surface area contributed by atoms with Crippen LogP contribution in [0.2, 0.25) is 20.1 Å². The van der Waals surface area contributed by atoms with Crippen molar-refractivity contribution >= 4 is 101 Å². The van der Waals surface area contributed by atoms with Crippen LogP contribution in [0.15, 0.2) is 69.1 Å². The van der Waals surface area contributed by atoms with Gasteiger partial charge in [-0.15, -0.1) is 22.7 Å². The van der Waals surface area contributed by atoms with Crippen LogP contribution in [0.4, 0.5) is 0 Å². The van der Waals surface area contributed by atoms with Gasteiger partial charge in [0.15, 0.2) is 8.42 Å². The Morgan fingerprint density at radius 1 is 0.667 bits per heavy atom. The van der Waals surface area contributed by atoms with E-state index in [1.807, 2.05) is 24.3 Å². The molecule has 2 aromatic carbocycles. The minimum Gasteiger partial charge on any atom is -0.492 e. The van der Waals surface area contributed by atoms with E-state index in [9.17, 15) is 25.9 Å². The lowest BCUT2D eigenvalue weighted by atomic mass is 10.1. The molecule has 0 radical (unpaired) electrons. The number of benzene rings is 2. The lowest BCUT2D eigenvalue weighted by Gasteiger charge is -2.09. The molecule has 0 saturated heterocycles. The van der Waals surface area contributed by atoms with Crippen molar-refractivity contribution in [3.63, 3.8) is 0 Å². The van der Waals surface area contributed by atoms with E-state index in [1.165, 1.54) is 12.1 Å². The van der Waals surface area contributed by atoms with Crippen LogP contribution in [0.1, 0.15) is 41.8 Å². The Kier molecular flexibility index (Phi) is 11.1. The summed E-state index contributed by atoms with van der Waals surface area (Å²) in [7, 11) is -8.96. The number of aromatic nitrogens is 4. The summed E-state index contributed by atoms with van der Waals surface area (Å²) in [4.78, 5) is 0.996. The van der Waals surface area contributed by atoms with Crippen LogP contribution < -0.4 is 9.47 Å². The molecule has 4 aromatic heterocycles. The number of hydrogen-bond acceptors (Lipinski definition) is 10. The van der Waals surface area contributed by atoms with Gasteiger partial charge in [0.1, 0.15) is 11.5 Å². The zero-order chi connectivity index (χ0) is 40.2. The van der Waals surface area contributed by atoms with Gasteiger partial charge in [-0.3, -0.25) is 9.11 Å². The van der Waals surface area contributed by atoms with Crippen LogP contribution in [0.5, 0.6) is 11.5 Å². The standard InChI is InChI=1S/C37H28Cl4N4O8S4/c38-20-8-10-28(24(40)16-20)44-34-22(12-14-52-30-18-32(54-36(30)34)56(46,47)48)26(42-44)6-4-2-1-3-5-7-27-23-13-15-53-31-19-33(57(49,50)51)55-37(31)35(23)45(43-27)29-11-9-21(39)17-25(29)41/h4-11,16-19H,1-3,12-15H2,(H,46,47,48)(H,49,50,51)/b6-4+,7-5+. The second-order valence-corrected chi connectivity index (χ2v) is 19.9. The molecule has 2 aliphatic heterocycles. The first-order valence-electron chi connectivity index (χ1n) is 17.1. The predicted octanol–water partition coefficient (Wildman–Crippen LogP) is 10.4. The Morgan fingerprint density at radius 3 is 1.47 bits per heavy atom. The Labute approximate surface area is 355 Å². The molecule has 296 valence electrons. The number of hydrogen-bond donors (Lipinski definition) is 2. The molecular weight excluding hydrogens is 899 g/mol. The van der Waals surface area contributed by atoms with Crippen molar-refractivity contribution in [1.29, 1.82) is 0 Å². The van der Waals surface area contributed by atoms with Gasteiger partial charge < -0.3 is 9.47 Å². The average molecular weight is 927 g/mol. The van der Waals surface area contributed by atoms with E-state index >= 15 is 0 Å². The summed E-state index contributed by atoms with van der Waals surface area (Å²) in [6.45, 7) is 0.525. The molecule has 57 heavy (non-hydrogen) atoms. The largest absolute Gasteiger partial charge is 0.492 e. The van der Waals surface area contributed by atoms with Crippen molar-refractivity contribution in [3.8, 4) is 44.0 Å². The van der Waals surface area contributed by atoms with Gasteiger partial charge in [-0.1, -0.05) is 58.6 Å². The summed E-state index contributed by atoms with van der Waals surface area (Å²) in [5, 5.41) is 11.4. The summed E-state index contributed by atoms with van der Waals surface area (Å²) < 4.78 is 82.5. The van der Waals surface area contributed by atoms with Gasteiger partial charge in [0.2, 0.25) is 0 Å². The third-order valence-electron chi connectivity index (χ3n) is 9.11. The summed E-state index contributed by atoms with van der Waals surface area (Å²) in [6.07, 6.45) is 11.0. The highest BCUT2D eigenvalue weighted by molar-refractivity contribution is 7.88. The van der Waals surface area contributed by atoms with Gasteiger partial charge in [-0.25, -0.2) is 9.36 Å². The molecule has 6 heterocycles. The lowest BCUT2D eigenvalue weighted by Crippen LogP contribution is -2.00. The molecule has 0 spiro atoms. The number of halogens is 4. The maximum Gasteiger partial charge on any atom is 0.304 e. The number of rotatable bonds is 10. The second kappa shape index (κ2) is 15.8. The zero-order valence-corrected chi connectivity index (χ0v) is 35.4. The minimum atomic E-state index is -4.48. The monoisotopic (exact) mass is 924 g/mol. The topological polar surface area (TPSA) is 163 Å². The van der Waals surface area contributed by atoms with E-state index in [0.717, 1.165) is 40.2 Å². The molecule has 0 atom stereocenters. The first-order chi connectivity index (χ1) is 27.2. The predicted molar refractivity (Wildman–Crippen MR) is 224 cm³/mol. The van der Waals surface area contributed by atoms with Gasteiger partial charge in [0, 0.05) is 46.1 Å². The first-order valence-corrected chi connectivity index (χ1v) is 23.2. The van der Waals surface area contributed by atoms with E-state index in [4.69, 9.17) is 66.1 Å². The molecule has 0 bridgehead atoms. The third-order valence-corrected chi connectivity index (χ3v) is 15.0. The quantitative estimate of drug-likeness (QED) is 0.0999. The van der Waals surface area contributed by atoms with Crippen molar-refractivity contribution in [1.82, 2.24) is 19.6 Å². The maximum absolute atomic E-state index is 12.1. The van der Waals surface area contributed by atoms with Crippen LogP contribution in [0, 0.1) is 0 Å². The maximum atomic E-state index is 12.1. The van der Waals surface area contributed by atoms with Crippen LogP contribution in [0.25, 0.3) is 44.7 Å². The van der Waals surface area contributed by atoms with Gasteiger partial charge >= 0.3 is 20.2 Å². The molecule has 12 nitrogen and oxygen atoms in total.